The molecule has 2 aliphatic carbocycles. The van der Waals surface area contributed by atoms with Gasteiger partial charge in [-0.05, 0) is 63.2 Å². The number of rotatable bonds is 2. The number of aliphatic hydroxyl groups is 2. The molecule has 2 nitrogen and oxygen atoms in total. The van der Waals surface area contributed by atoms with E-state index in [0.717, 1.165) is 43.9 Å². The molecule has 0 aromatic heterocycles. The minimum atomic E-state index is -0.187. The molecular formula is C13H24O2S. The summed E-state index contributed by atoms with van der Waals surface area (Å²) in [6.45, 7) is 0. The van der Waals surface area contributed by atoms with Crippen LogP contribution in [0.2, 0.25) is 0 Å². The Morgan fingerprint density at radius 3 is 2.12 bits per heavy atom. The maximum absolute atomic E-state index is 9.63. The zero-order valence-corrected chi connectivity index (χ0v) is 10.8. The molecule has 0 bridgehead atoms. The first-order valence-corrected chi connectivity index (χ1v) is 7.21. The smallest absolute Gasteiger partial charge is 0.0656 e. The predicted octanol–water partition coefficient (Wildman–Crippen LogP) is 2.39. The van der Waals surface area contributed by atoms with Crippen molar-refractivity contribution < 1.29 is 10.2 Å². The lowest BCUT2D eigenvalue weighted by Crippen LogP contribution is -2.31. The van der Waals surface area contributed by atoms with E-state index in [0.29, 0.717) is 0 Å². The second-order valence-electron chi connectivity index (χ2n) is 5.72. The molecular weight excluding hydrogens is 220 g/mol. The average molecular weight is 244 g/mol. The third-order valence-electron chi connectivity index (χ3n) is 4.37. The Hall–Kier alpha value is 0.270. The molecule has 2 saturated carbocycles. The first-order valence-electron chi connectivity index (χ1n) is 6.69. The van der Waals surface area contributed by atoms with Crippen molar-refractivity contribution in [3.63, 3.8) is 0 Å². The quantitative estimate of drug-likeness (QED) is 0.653. The average Bonchev–Trinajstić information content (AvgIpc) is 2.27. The van der Waals surface area contributed by atoms with Gasteiger partial charge in [-0.25, -0.2) is 0 Å². The standard InChI is InChI=1S/C13H24O2S/c14-11-4-1-9(2-5-11)7-10-3-6-12(15)13(16)8-10/h9-16H,1-8H2. The van der Waals surface area contributed by atoms with Gasteiger partial charge in [-0.15, -0.1) is 0 Å². The second kappa shape index (κ2) is 5.74. The van der Waals surface area contributed by atoms with Gasteiger partial charge in [0.05, 0.1) is 12.2 Å². The lowest BCUT2D eigenvalue weighted by atomic mass is 9.76. The van der Waals surface area contributed by atoms with Crippen molar-refractivity contribution >= 4 is 12.6 Å². The van der Waals surface area contributed by atoms with Gasteiger partial charge in [0, 0.05) is 5.25 Å². The third-order valence-corrected chi connectivity index (χ3v) is 4.93. The van der Waals surface area contributed by atoms with Crippen molar-refractivity contribution in [2.24, 2.45) is 11.8 Å². The second-order valence-corrected chi connectivity index (χ2v) is 6.39. The summed E-state index contributed by atoms with van der Waals surface area (Å²) in [6, 6.07) is 0. The highest BCUT2D eigenvalue weighted by atomic mass is 32.1. The van der Waals surface area contributed by atoms with Gasteiger partial charge in [-0.1, -0.05) is 0 Å². The predicted molar refractivity (Wildman–Crippen MR) is 68.7 cm³/mol. The molecule has 0 saturated heterocycles. The summed E-state index contributed by atoms with van der Waals surface area (Å²) >= 11 is 4.46. The van der Waals surface area contributed by atoms with Gasteiger partial charge < -0.3 is 10.2 Å². The van der Waals surface area contributed by atoms with Gasteiger partial charge in [-0.2, -0.15) is 12.6 Å². The van der Waals surface area contributed by atoms with Crippen LogP contribution in [0.5, 0.6) is 0 Å². The van der Waals surface area contributed by atoms with Crippen molar-refractivity contribution in [2.45, 2.75) is 68.8 Å². The van der Waals surface area contributed by atoms with E-state index in [-0.39, 0.29) is 17.5 Å². The Morgan fingerprint density at radius 1 is 0.875 bits per heavy atom. The monoisotopic (exact) mass is 244 g/mol. The van der Waals surface area contributed by atoms with Crippen LogP contribution in [0.4, 0.5) is 0 Å². The van der Waals surface area contributed by atoms with Crippen LogP contribution < -0.4 is 0 Å². The number of hydrogen-bond donors (Lipinski definition) is 3. The van der Waals surface area contributed by atoms with Gasteiger partial charge in [0.25, 0.3) is 0 Å². The maximum atomic E-state index is 9.63. The van der Waals surface area contributed by atoms with Crippen LogP contribution >= 0.6 is 12.6 Å². The van der Waals surface area contributed by atoms with Gasteiger partial charge in [0.15, 0.2) is 0 Å². The Labute approximate surface area is 104 Å². The molecule has 2 aliphatic rings. The van der Waals surface area contributed by atoms with Gasteiger partial charge >= 0.3 is 0 Å². The molecule has 0 radical (unpaired) electrons. The van der Waals surface area contributed by atoms with Crippen LogP contribution in [0.15, 0.2) is 0 Å². The first kappa shape index (κ1) is 12.7. The number of hydrogen-bond acceptors (Lipinski definition) is 3. The van der Waals surface area contributed by atoms with Crippen LogP contribution in [0.25, 0.3) is 0 Å². The summed E-state index contributed by atoms with van der Waals surface area (Å²) in [5.74, 6) is 1.57. The van der Waals surface area contributed by atoms with Crippen LogP contribution in [0.3, 0.4) is 0 Å². The number of thiol groups is 1. The number of aliphatic hydroxyl groups excluding tert-OH is 2. The van der Waals surface area contributed by atoms with Crippen molar-refractivity contribution in [1.29, 1.82) is 0 Å². The van der Waals surface area contributed by atoms with E-state index in [1.165, 1.54) is 19.3 Å². The molecule has 0 amide bonds. The molecule has 0 aromatic carbocycles. The molecule has 0 aliphatic heterocycles. The normalized spacial score (nSPS) is 45.6. The topological polar surface area (TPSA) is 40.5 Å². The van der Waals surface area contributed by atoms with E-state index < -0.39 is 0 Å². The Morgan fingerprint density at radius 2 is 1.50 bits per heavy atom. The fourth-order valence-electron chi connectivity index (χ4n) is 3.28. The van der Waals surface area contributed by atoms with Crippen LogP contribution in [0.1, 0.15) is 51.4 Å². The van der Waals surface area contributed by atoms with E-state index in [2.05, 4.69) is 12.6 Å². The molecule has 2 N–H and O–H groups in total. The fourth-order valence-corrected chi connectivity index (χ4v) is 3.73. The summed E-state index contributed by atoms with van der Waals surface area (Å²) in [5.41, 5.74) is 0. The summed E-state index contributed by atoms with van der Waals surface area (Å²) in [4.78, 5) is 0. The van der Waals surface area contributed by atoms with Crippen molar-refractivity contribution in [3.8, 4) is 0 Å². The van der Waals surface area contributed by atoms with Crippen molar-refractivity contribution in [1.82, 2.24) is 0 Å². The summed E-state index contributed by atoms with van der Waals surface area (Å²) in [7, 11) is 0. The first-order chi connectivity index (χ1) is 7.65. The SMILES string of the molecule is OC1CCC(CC2CCC(O)C(S)C2)CC1. The van der Waals surface area contributed by atoms with Crippen LogP contribution in [-0.2, 0) is 0 Å². The molecule has 2 rings (SSSR count). The summed E-state index contributed by atoms with van der Waals surface area (Å²) in [5, 5.41) is 19.3. The molecule has 3 atom stereocenters. The Kier molecular flexibility index (Phi) is 4.57. The van der Waals surface area contributed by atoms with Crippen molar-refractivity contribution in [2.75, 3.05) is 0 Å². The highest BCUT2D eigenvalue weighted by Gasteiger charge is 2.29. The highest BCUT2D eigenvalue weighted by molar-refractivity contribution is 7.81. The largest absolute Gasteiger partial charge is 0.393 e. The van der Waals surface area contributed by atoms with E-state index in [1.54, 1.807) is 0 Å². The third kappa shape index (κ3) is 3.38. The summed E-state index contributed by atoms with van der Waals surface area (Å²) < 4.78 is 0. The Balaban J connectivity index is 1.73. The maximum Gasteiger partial charge on any atom is 0.0656 e. The van der Waals surface area contributed by atoms with Crippen LogP contribution in [-0.4, -0.2) is 27.7 Å². The van der Waals surface area contributed by atoms with E-state index in [1.807, 2.05) is 0 Å². The fraction of sp³-hybridized carbons (Fsp3) is 1.00. The molecule has 3 heteroatoms. The minimum absolute atomic E-state index is 0.0398. The molecule has 94 valence electrons. The molecule has 0 spiro atoms. The van der Waals surface area contributed by atoms with Gasteiger partial charge in [0.1, 0.15) is 0 Å². The van der Waals surface area contributed by atoms with Gasteiger partial charge in [-0.3, -0.25) is 0 Å². The van der Waals surface area contributed by atoms with Crippen LogP contribution in [0, 0.1) is 11.8 Å². The van der Waals surface area contributed by atoms with E-state index in [9.17, 15) is 10.2 Å². The van der Waals surface area contributed by atoms with E-state index >= 15 is 0 Å². The Bertz CT molecular complexity index is 214. The molecule has 16 heavy (non-hydrogen) atoms. The minimum Gasteiger partial charge on any atom is -0.393 e. The lowest BCUT2D eigenvalue weighted by molar-refractivity contribution is 0.0837. The molecule has 0 heterocycles. The van der Waals surface area contributed by atoms with Gasteiger partial charge in [0.2, 0.25) is 0 Å². The molecule has 3 unspecified atom stereocenters. The molecule has 0 aromatic rings. The van der Waals surface area contributed by atoms with Crippen molar-refractivity contribution in [3.05, 3.63) is 0 Å². The zero-order valence-electron chi connectivity index (χ0n) is 9.89. The highest BCUT2D eigenvalue weighted by Crippen LogP contribution is 2.36. The molecule has 2 fully saturated rings. The lowest BCUT2D eigenvalue weighted by Gasteiger charge is -2.34. The summed E-state index contributed by atoms with van der Waals surface area (Å²) in [6.07, 6.45) is 8.59. The van der Waals surface area contributed by atoms with E-state index in [4.69, 9.17) is 0 Å². The zero-order chi connectivity index (χ0) is 11.5.